The highest BCUT2D eigenvalue weighted by molar-refractivity contribution is 7.91. The van der Waals surface area contributed by atoms with Crippen molar-refractivity contribution >= 4 is 54.7 Å². The Morgan fingerprint density at radius 2 is 1.97 bits per heavy atom. The number of thiazole rings is 1. The molecule has 0 spiro atoms. The van der Waals surface area contributed by atoms with E-state index >= 15 is 0 Å². The van der Waals surface area contributed by atoms with Crippen LogP contribution in [0, 0.1) is 12.7 Å². The third kappa shape index (κ3) is 4.82. The number of nitrogens with one attached hydrogen (secondary N) is 1. The zero-order valence-corrected chi connectivity index (χ0v) is 19.3. The first-order valence-electron chi connectivity index (χ1n) is 9.63. The maximum atomic E-state index is 14.0. The van der Waals surface area contributed by atoms with E-state index in [1.165, 1.54) is 46.4 Å². The smallest absolute Gasteiger partial charge is 0.225 e. The van der Waals surface area contributed by atoms with E-state index in [1.807, 2.05) is 0 Å². The van der Waals surface area contributed by atoms with Crippen molar-refractivity contribution < 1.29 is 17.6 Å². The summed E-state index contributed by atoms with van der Waals surface area (Å²) in [6.07, 6.45) is 0.155. The number of halogens is 2. The monoisotopic (exact) mass is 492 g/mol. The molecule has 2 aromatic heterocycles. The molecular weight excluding hydrogens is 475 g/mol. The van der Waals surface area contributed by atoms with Crippen molar-refractivity contribution in [2.75, 3.05) is 11.1 Å². The fraction of sp³-hybridized carbons (Fsp3) is 0.190. The quantitative estimate of drug-likeness (QED) is 0.401. The van der Waals surface area contributed by atoms with E-state index in [9.17, 15) is 17.6 Å². The minimum Gasteiger partial charge on any atom is -0.311 e. The van der Waals surface area contributed by atoms with E-state index in [-0.39, 0.29) is 34.9 Å². The van der Waals surface area contributed by atoms with Gasteiger partial charge in [-0.25, -0.2) is 17.8 Å². The van der Waals surface area contributed by atoms with Gasteiger partial charge in [0.1, 0.15) is 17.2 Å². The molecule has 0 aliphatic heterocycles. The van der Waals surface area contributed by atoms with Gasteiger partial charge in [0.15, 0.2) is 9.84 Å². The van der Waals surface area contributed by atoms with Crippen LogP contribution in [-0.2, 0) is 14.6 Å². The summed E-state index contributed by atoms with van der Waals surface area (Å²) >= 11 is 7.05. The highest BCUT2D eigenvalue weighted by atomic mass is 35.5. The second-order valence-corrected chi connectivity index (χ2v) is 10.6. The van der Waals surface area contributed by atoms with Gasteiger partial charge < -0.3 is 5.32 Å². The molecule has 1 N–H and O–H groups in total. The van der Waals surface area contributed by atoms with Gasteiger partial charge >= 0.3 is 0 Å². The van der Waals surface area contributed by atoms with Crippen LogP contribution in [0.15, 0.2) is 53.4 Å². The largest absolute Gasteiger partial charge is 0.311 e. The van der Waals surface area contributed by atoms with Crippen molar-refractivity contribution in [1.29, 1.82) is 0 Å². The van der Waals surface area contributed by atoms with Crippen LogP contribution in [0.1, 0.15) is 18.5 Å². The molecule has 166 valence electrons. The Morgan fingerprint density at radius 3 is 2.69 bits per heavy atom. The zero-order valence-electron chi connectivity index (χ0n) is 16.9. The molecule has 11 heteroatoms. The molecule has 4 rings (SSSR count). The summed E-state index contributed by atoms with van der Waals surface area (Å²) in [7, 11) is -3.51. The van der Waals surface area contributed by atoms with Gasteiger partial charge in [0, 0.05) is 17.5 Å². The second-order valence-electron chi connectivity index (χ2n) is 7.09. The van der Waals surface area contributed by atoms with E-state index in [1.54, 1.807) is 25.1 Å². The fourth-order valence-corrected chi connectivity index (χ4v) is 5.50. The lowest BCUT2D eigenvalue weighted by Gasteiger charge is -2.07. The van der Waals surface area contributed by atoms with Gasteiger partial charge in [-0.1, -0.05) is 29.0 Å². The highest BCUT2D eigenvalue weighted by Crippen LogP contribution is 2.28. The Kier molecular flexibility index (Phi) is 6.27. The zero-order chi connectivity index (χ0) is 22.9. The number of carbonyl (C=O) groups is 1. The van der Waals surface area contributed by atoms with Crippen LogP contribution in [0.4, 0.5) is 10.2 Å². The first kappa shape index (κ1) is 22.4. The second kappa shape index (κ2) is 8.97. The number of rotatable bonds is 7. The van der Waals surface area contributed by atoms with E-state index in [0.717, 1.165) is 0 Å². The Morgan fingerprint density at radius 1 is 1.22 bits per heavy atom. The molecule has 0 fully saturated rings. The molecule has 0 bridgehead atoms. The number of sulfone groups is 1. The Balaban J connectivity index is 1.44. The number of benzene rings is 2. The van der Waals surface area contributed by atoms with Crippen LogP contribution in [0.3, 0.4) is 0 Å². The molecule has 4 aromatic rings. The fourth-order valence-electron chi connectivity index (χ4n) is 3.12. The van der Waals surface area contributed by atoms with Crippen molar-refractivity contribution in [3.8, 4) is 5.13 Å². The minimum atomic E-state index is -3.51. The van der Waals surface area contributed by atoms with Crippen molar-refractivity contribution in [1.82, 2.24) is 14.8 Å². The molecule has 2 heterocycles. The SMILES string of the molecule is Cc1cc(NC(=O)CCCS(=O)(=O)c2ccc(Cl)cc2)n(-c2nc3c(F)cccc3s2)n1. The lowest BCUT2D eigenvalue weighted by Crippen LogP contribution is -2.16. The number of amides is 1. The van der Waals surface area contributed by atoms with Gasteiger partial charge in [0.2, 0.25) is 11.0 Å². The average molecular weight is 493 g/mol. The third-order valence-corrected chi connectivity index (χ3v) is 7.69. The van der Waals surface area contributed by atoms with Gasteiger partial charge in [-0.05, 0) is 49.7 Å². The van der Waals surface area contributed by atoms with Crippen LogP contribution < -0.4 is 5.32 Å². The molecule has 0 saturated carbocycles. The molecule has 1 amide bonds. The molecule has 0 saturated heterocycles. The summed E-state index contributed by atoms with van der Waals surface area (Å²) in [5, 5.41) is 7.96. The van der Waals surface area contributed by atoms with Gasteiger partial charge in [0.25, 0.3) is 0 Å². The van der Waals surface area contributed by atoms with Crippen molar-refractivity contribution in [2.45, 2.75) is 24.7 Å². The Bertz CT molecular complexity index is 1400. The molecule has 32 heavy (non-hydrogen) atoms. The normalized spacial score (nSPS) is 11.7. The van der Waals surface area contributed by atoms with Crippen LogP contribution >= 0.6 is 22.9 Å². The van der Waals surface area contributed by atoms with Crippen LogP contribution in [0.25, 0.3) is 15.3 Å². The van der Waals surface area contributed by atoms with Gasteiger partial charge in [-0.3, -0.25) is 4.79 Å². The number of para-hydroxylation sites is 1. The van der Waals surface area contributed by atoms with Gasteiger partial charge in [-0.15, -0.1) is 0 Å². The molecule has 7 nitrogen and oxygen atoms in total. The molecule has 0 aliphatic rings. The van der Waals surface area contributed by atoms with E-state index in [2.05, 4.69) is 15.4 Å². The number of fused-ring (bicyclic) bond motifs is 1. The lowest BCUT2D eigenvalue weighted by molar-refractivity contribution is -0.116. The summed E-state index contributed by atoms with van der Waals surface area (Å²) in [5.41, 5.74) is 0.885. The Labute approximate surface area is 192 Å². The number of hydrogen-bond donors (Lipinski definition) is 1. The standard InChI is InChI=1S/C21H18ClFN4O3S2/c1-13-12-18(27(26-13)21-25-20-16(23)4-2-5-17(20)31-21)24-19(28)6-3-11-32(29,30)15-9-7-14(22)8-10-15/h2,4-5,7-10,12H,3,6,11H2,1H3,(H,24,28). The molecule has 0 atom stereocenters. The first-order valence-corrected chi connectivity index (χ1v) is 12.5. The van der Waals surface area contributed by atoms with E-state index in [0.29, 0.717) is 26.4 Å². The summed E-state index contributed by atoms with van der Waals surface area (Å²) in [6, 6.07) is 12.3. The number of aromatic nitrogens is 3. The number of anilines is 1. The summed E-state index contributed by atoms with van der Waals surface area (Å²) in [5.74, 6) is -0.573. The number of hydrogen-bond acceptors (Lipinski definition) is 6. The molecule has 0 unspecified atom stereocenters. The number of aryl methyl sites for hydroxylation is 1. The van der Waals surface area contributed by atoms with Crippen molar-refractivity contribution in [2.24, 2.45) is 0 Å². The van der Waals surface area contributed by atoms with E-state index < -0.39 is 15.7 Å². The third-order valence-electron chi connectivity index (χ3n) is 4.63. The van der Waals surface area contributed by atoms with Crippen molar-refractivity contribution in [3.05, 3.63) is 65.1 Å². The summed E-state index contributed by atoms with van der Waals surface area (Å²) < 4.78 is 40.9. The van der Waals surface area contributed by atoms with E-state index in [4.69, 9.17) is 11.6 Å². The minimum absolute atomic E-state index is 0.00548. The molecule has 2 aromatic carbocycles. The molecule has 0 aliphatic carbocycles. The van der Waals surface area contributed by atoms with Crippen LogP contribution in [-0.4, -0.2) is 34.8 Å². The first-order chi connectivity index (χ1) is 15.2. The molecular formula is C21H18ClFN4O3S2. The number of nitrogens with zero attached hydrogens (tertiary/aromatic N) is 3. The topological polar surface area (TPSA) is 94.0 Å². The van der Waals surface area contributed by atoms with Gasteiger partial charge in [0.05, 0.1) is 21.0 Å². The maximum Gasteiger partial charge on any atom is 0.225 e. The maximum absolute atomic E-state index is 14.0. The van der Waals surface area contributed by atoms with Gasteiger partial charge in [-0.2, -0.15) is 9.78 Å². The Hall–Kier alpha value is -2.82. The average Bonchev–Trinajstić information content (AvgIpc) is 3.32. The summed E-state index contributed by atoms with van der Waals surface area (Å²) in [6.45, 7) is 1.76. The van der Waals surface area contributed by atoms with Crippen LogP contribution in [0.5, 0.6) is 0 Å². The lowest BCUT2D eigenvalue weighted by atomic mass is 10.3. The summed E-state index contributed by atoms with van der Waals surface area (Å²) in [4.78, 5) is 16.9. The highest BCUT2D eigenvalue weighted by Gasteiger charge is 2.18. The number of carbonyl (C=O) groups excluding carboxylic acids is 1. The van der Waals surface area contributed by atoms with Crippen molar-refractivity contribution in [3.63, 3.8) is 0 Å². The molecule has 0 radical (unpaired) electrons. The predicted molar refractivity (Wildman–Crippen MR) is 123 cm³/mol. The van der Waals surface area contributed by atoms with Crippen LogP contribution in [0.2, 0.25) is 5.02 Å². The predicted octanol–water partition coefficient (Wildman–Crippen LogP) is 4.78.